The van der Waals surface area contributed by atoms with Crippen LogP contribution in [0.25, 0.3) is 0 Å². The molecule has 0 aliphatic carbocycles. The molecule has 0 heterocycles. The van der Waals surface area contributed by atoms with E-state index in [0.29, 0.717) is 6.54 Å². The molecule has 11 heavy (non-hydrogen) atoms. The molecular weight excluding hydrogens is 138 g/mol. The third-order valence-electron chi connectivity index (χ3n) is 1.18. The fourth-order valence-corrected chi connectivity index (χ4v) is 0.681. The second-order valence-electron chi connectivity index (χ2n) is 2.04. The molecule has 2 heteroatoms. The van der Waals surface area contributed by atoms with E-state index in [4.69, 9.17) is 10.5 Å². The lowest BCUT2D eigenvalue weighted by atomic mass is 10.3. The highest BCUT2D eigenvalue weighted by Crippen LogP contribution is 2.07. The van der Waals surface area contributed by atoms with Crippen LogP contribution in [-0.2, 0) is 0 Å². The Hall–Kier alpha value is -1.28. The van der Waals surface area contributed by atoms with Crippen molar-refractivity contribution in [1.82, 2.24) is 0 Å². The Kier molecular flexibility index (Phi) is 3.22. The zero-order valence-electron chi connectivity index (χ0n) is 6.23. The molecule has 0 aliphatic heterocycles. The van der Waals surface area contributed by atoms with Crippen molar-refractivity contribution in [3.05, 3.63) is 42.7 Å². The minimum Gasteiger partial charge on any atom is -0.465 e. The van der Waals surface area contributed by atoms with E-state index in [0.717, 1.165) is 5.75 Å². The Labute approximate surface area is 66.3 Å². The van der Waals surface area contributed by atoms with Crippen LogP contribution in [0, 0.1) is 0 Å². The molecule has 0 radical (unpaired) electrons. The van der Waals surface area contributed by atoms with Gasteiger partial charge in [0.25, 0.3) is 0 Å². The third kappa shape index (κ3) is 2.87. The minimum absolute atomic E-state index is 0.507. The third-order valence-corrected chi connectivity index (χ3v) is 1.18. The quantitative estimate of drug-likeness (QED) is 0.661. The summed E-state index contributed by atoms with van der Waals surface area (Å²) in [6.07, 6.45) is 3.35. The molecule has 2 N–H and O–H groups in total. The molecule has 0 saturated carbocycles. The highest BCUT2D eigenvalue weighted by Gasteiger charge is 1.83. The SMILES string of the molecule is NC/C=C/Oc1ccccc1. The highest BCUT2D eigenvalue weighted by molar-refractivity contribution is 5.21. The summed E-state index contributed by atoms with van der Waals surface area (Å²) < 4.78 is 5.19. The first-order valence-corrected chi connectivity index (χ1v) is 3.50. The number of hydrogen-bond acceptors (Lipinski definition) is 2. The van der Waals surface area contributed by atoms with Crippen LogP contribution < -0.4 is 10.5 Å². The number of rotatable bonds is 3. The van der Waals surface area contributed by atoms with E-state index in [-0.39, 0.29) is 0 Å². The maximum atomic E-state index is 5.23. The first-order valence-electron chi connectivity index (χ1n) is 3.50. The van der Waals surface area contributed by atoms with Crippen molar-refractivity contribution >= 4 is 0 Å². The monoisotopic (exact) mass is 149 g/mol. The fraction of sp³-hybridized carbons (Fsp3) is 0.111. The first-order chi connectivity index (χ1) is 5.43. The van der Waals surface area contributed by atoms with E-state index < -0.39 is 0 Å². The smallest absolute Gasteiger partial charge is 0.126 e. The van der Waals surface area contributed by atoms with Gasteiger partial charge in [-0.2, -0.15) is 0 Å². The molecular formula is C9H11NO. The minimum atomic E-state index is 0.507. The largest absolute Gasteiger partial charge is 0.465 e. The topological polar surface area (TPSA) is 35.2 Å². The number of hydrogen-bond donors (Lipinski definition) is 1. The zero-order valence-corrected chi connectivity index (χ0v) is 6.23. The van der Waals surface area contributed by atoms with Gasteiger partial charge >= 0.3 is 0 Å². The maximum absolute atomic E-state index is 5.23. The van der Waals surface area contributed by atoms with Gasteiger partial charge in [-0.25, -0.2) is 0 Å². The van der Waals surface area contributed by atoms with Gasteiger partial charge in [0, 0.05) is 6.54 Å². The molecule has 1 rings (SSSR count). The van der Waals surface area contributed by atoms with Crippen molar-refractivity contribution in [3.63, 3.8) is 0 Å². The van der Waals surface area contributed by atoms with Gasteiger partial charge in [-0.15, -0.1) is 0 Å². The van der Waals surface area contributed by atoms with Crippen molar-refractivity contribution < 1.29 is 4.74 Å². The predicted molar refractivity (Wildman–Crippen MR) is 45.3 cm³/mol. The van der Waals surface area contributed by atoms with Gasteiger partial charge in [0.2, 0.25) is 0 Å². The number of para-hydroxylation sites is 1. The van der Waals surface area contributed by atoms with Gasteiger partial charge in [-0.05, 0) is 18.2 Å². The number of benzene rings is 1. The lowest BCUT2D eigenvalue weighted by molar-refractivity contribution is 0.480. The van der Waals surface area contributed by atoms with Gasteiger partial charge in [0.15, 0.2) is 0 Å². The molecule has 0 saturated heterocycles. The van der Waals surface area contributed by atoms with Crippen molar-refractivity contribution in [2.24, 2.45) is 5.73 Å². The molecule has 0 atom stereocenters. The van der Waals surface area contributed by atoms with E-state index >= 15 is 0 Å². The average molecular weight is 149 g/mol. The summed E-state index contributed by atoms with van der Waals surface area (Å²) in [5, 5.41) is 0. The van der Waals surface area contributed by atoms with Crippen molar-refractivity contribution in [2.45, 2.75) is 0 Å². The van der Waals surface area contributed by atoms with E-state index in [1.54, 1.807) is 12.3 Å². The zero-order chi connectivity index (χ0) is 7.94. The lowest BCUT2D eigenvalue weighted by Crippen LogP contribution is -1.93. The van der Waals surface area contributed by atoms with Crippen LogP contribution in [0.15, 0.2) is 42.7 Å². The molecule has 0 unspecified atom stereocenters. The summed E-state index contributed by atoms with van der Waals surface area (Å²) in [5.74, 6) is 0.831. The number of nitrogens with two attached hydrogens (primary N) is 1. The molecule has 0 fully saturated rings. The summed E-state index contributed by atoms with van der Waals surface area (Å²) in [7, 11) is 0. The maximum Gasteiger partial charge on any atom is 0.126 e. The van der Waals surface area contributed by atoms with Gasteiger partial charge in [-0.3, -0.25) is 0 Å². The second kappa shape index (κ2) is 4.52. The Balaban J connectivity index is 2.45. The Bertz CT molecular complexity index is 218. The van der Waals surface area contributed by atoms with Crippen LogP contribution >= 0.6 is 0 Å². The second-order valence-corrected chi connectivity index (χ2v) is 2.04. The van der Waals surface area contributed by atoms with Gasteiger partial charge in [-0.1, -0.05) is 18.2 Å². The Morgan fingerprint density at radius 2 is 2.00 bits per heavy atom. The Morgan fingerprint density at radius 3 is 2.64 bits per heavy atom. The van der Waals surface area contributed by atoms with Crippen LogP contribution in [0.3, 0.4) is 0 Å². The average Bonchev–Trinajstić information content (AvgIpc) is 2.07. The number of ether oxygens (including phenoxy) is 1. The van der Waals surface area contributed by atoms with Crippen LogP contribution in [0.5, 0.6) is 5.75 Å². The molecule has 0 bridgehead atoms. The molecule has 58 valence electrons. The fourth-order valence-electron chi connectivity index (χ4n) is 0.681. The summed E-state index contributed by atoms with van der Waals surface area (Å²) >= 11 is 0. The van der Waals surface area contributed by atoms with E-state index in [1.165, 1.54) is 0 Å². The summed E-state index contributed by atoms with van der Waals surface area (Å²) in [6, 6.07) is 9.57. The van der Waals surface area contributed by atoms with E-state index in [9.17, 15) is 0 Å². The molecule has 1 aromatic rings. The van der Waals surface area contributed by atoms with Crippen LogP contribution in [0.4, 0.5) is 0 Å². The molecule has 0 aromatic heterocycles. The van der Waals surface area contributed by atoms with Crippen molar-refractivity contribution in [3.8, 4) is 5.75 Å². The lowest BCUT2D eigenvalue weighted by Gasteiger charge is -1.96. The van der Waals surface area contributed by atoms with Crippen molar-refractivity contribution in [2.75, 3.05) is 6.54 Å². The molecule has 0 aliphatic rings. The molecule has 0 spiro atoms. The van der Waals surface area contributed by atoms with Crippen LogP contribution in [0.2, 0.25) is 0 Å². The first kappa shape index (κ1) is 7.82. The highest BCUT2D eigenvalue weighted by atomic mass is 16.5. The summed E-state index contributed by atoms with van der Waals surface area (Å²) in [4.78, 5) is 0. The van der Waals surface area contributed by atoms with Gasteiger partial charge in [0.05, 0.1) is 6.26 Å². The molecule has 0 amide bonds. The summed E-state index contributed by atoms with van der Waals surface area (Å²) in [5.41, 5.74) is 5.23. The standard InChI is InChI=1S/C9H11NO/c10-7-4-8-11-9-5-2-1-3-6-9/h1-6,8H,7,10H2/b8-4+. The van der Waals surface area contributed by atoms with Gasteiger partial charge in [0.1, 0.15) is 5.75 Å². The predicted octanol–water partition coefficient (Wildman–Crippen LogP) is 1.54. The van der Waals surface area contributed by atoms with Crippen molar-refractivity contribution in [1.29, 1.82) is 0 Å². The van der Waals surface area contributed by atoms with E-state index in [2.05, 4.69) is 0 Å². The summed E-state index contributed by atoms with van der Waals surface area (Å²) in [6.45, 7) is 0.507. The Morgan fingerprint density at radius 1 is 1.27 bits per heavy atom. The van der Waals surface area contributed by atoms with Crippen LogP contribution in [0.1, 0.15) is 0 Å². The molecule has 1 aromatic carbocycles. The van der Waals surface area contributed by atoms with Crippen LogP contribution in [-0.4, -0.2) is 6.54 Å². The van der Waals surface area contributed by atoms with E-state index in [1.807, 2.05) is 30.3 Å². The normalized spacial score (nSPS) is 10.3. The van der Waals surface area contributed by atoms with Gasteiger partial charge < -0.3 is 10.5 Å². The molecule has 2 nitrogen and oxygen atoms in total.